The van der Waals surface area contributed by atoms with Gasteiger partial charge in [0.1, 0.15) is 5.82 Å². The molecule has 0 saturated carbocycles. The summed E-state index contributed by atoms with van der Waals surface area (Å²) in [4.78, 5) is 16.4. The molecule has 0 spiro atoms. The number of aromatic nitrogens is 2. The van der Waals surface area contributed by atoms with E-state index < -0.39 is 10.0 Å². The Balaban J connectivity index is 1.90. The van der Waals surface area contributed by atoms with Gasteiger partial charge in [-0.2, -0.15) is 0 Å². The number of nitrogens with one attached hydrogen (secondary N) is 2. The summed E-state index contributed by atoms with van der Waals surface area (Å²) in [5.74, 6) is 0.620. The second-order valence-electron chi connectivity index (χ2n) is 5.38. The van der Waals surface area contributed by atoms with Crippen LogP contribution in [0.15, 0.2) is 41.6 Å². The first-order valence-electron chi connectivity index (χ1n) is 7.77. The maximum atomic E-state index is 12.1. The molecule has 1 aromatic carbocycles. The number of rotatable bonds is 9. The minimum atomic E-state index is -3.60. The fraction of sp³-hybridized carbons (Fsp3) is 0.375. The van der Waals surface area contributed by atoms with Crippen molar-refractivity contribution >= 4 is 15.9 Å². The van der Waals surface area contributed by atoms with Gasteiger partial charge in [-0.25, -0.2) is 18.1 Å². The summed E-state index contributed by atoms with van der Waals surface area (Å²) < 4.78 is 33.2. The maximum Gasteiger partial charge on any atom is 0.251 e. The monoisotopic (exact) mass is 366 g/mol. The van der Waals surface area contributed by atoms with Gasteiger partial charge in [0.25, 0.3) is 5.91 Å². The molecule has 2 rings (SSSR count). The van der Waals surface area contributed by atoms with Gasteiger partial charge in [-0.05, 0) is 24.3 Å². The van der Waals surface area contributed by atoms with Crippen molar-refractivity contribution in [2.45, 2.75) is 11.3 Å². The Morgan fingerprint density at radius 1 is 1.24 bits per heavy atom. The third-order valence-electron chi connectivity index (χ3n) is 3.58. The molecular formula is C16H22N4O4S. The van der Waals surface area contributed by atoms with Crippen LogP contribution in [0.2, 0.25) is 0 Å². The summed E-state index contributed by atoms with van der Waals surface area (Å²) in [6, 6.07) is 5.79. The third-order valence-corrected chi connectivity index (χ3v) is 5.06. The van der Waals surface area contributed by atoms with Crippen LogP contribution in [0.25, 0.3) is 0 Å². The number of sulfonamides is 1. The quantitative estimate of drug-likeness (QED) is 0.622. The van der Waals surface area contributed by atoms with Crippen LogP contribution in [0.1, 0.15) is 16.2 Å². The molecule has 1 heterocycles. The Bertz CT molecular complexity index is 800. The summed E-state index contributed by atoms with van der Waals surface area (Å²) in [7, 11) is -0.211. The van der Waals surface area contributed by atoms with E-state index in [2.05, 4.69) is 15.0 Å². The topological polar surface area (TPSA) is 102 Å². The molecule has 0 unspecified atom stereocenters. The molecule has 1 aromatic heterocycles. The first-order chi connectivity index (χ1) is 11.9. The molecule has 0 saturated heterocycles. The number of nitrogens with zero attached hydrogens (tertiary/aromatic N) is 2. The average molecular weight is 366 g/mol. The predicted molar refractivity (Wildman–Crippen MR) is 92.8 cm³/mol. The zero-order valence-electron chi connectivity index (χ0n) is 14.2. The van der Waals surface area contributed by atoms with E-state index in [0.717, 1.165) is 5.82 Å². The molecule has 2 aromatic rings. The number of carbonyl (C=O) groups is 1. The van der Waals surface area contributed by atoms with Crippen LogP contribution in [0.3, 0.4) is 0 Å². The molecule has 1 amide bonds. The van der Waals surface area contributed by atoms with Crippen molar-refractivity contribution in [1.29, 1.82) is 0 Å². The minimum Gasteiger partial charge on any atom is -0.383 e. The van der Waals surface area contributed by atoms with Crippen molar-refractivity contribution < 1.29 is 17.9 Å². The molecule has 136 valence electrons. The lowest BCUT2D eigenvalue weighted by Crippen LogP contribution is -2.28. The van der Waals surface area contributed by atoms with E-state index in [9.17, 15) is 13.2 Å². The fourth-order valence-corrected chi connectivity index (χ4v) is 3.19. The van der Waals surface area contributed by atoms with Crippen LogP contribution in [-0.2, 0) is 28.2 Å². The molecule has 0 aliphatic heterocycles. The second kappa shape index (κ2) is 8.75. The molecular weight excluding hydrogens is 344 g/mol. The van der Waals surface area contributed by atoms with E-state index in [0.29, 0.717) is 18.5 Å². The van der Waals surface area contributed by atoms with Crippen molar-refractivity contribution in [2.75, 3.05) is 26.8 Å². The van der Waals surface area contributed by atoms with E-state index in [-0.39, 0.29) is 24.0 Å². The van der Waals surface area contributed by atoms with Crippen LogP contribution >= 0.6 is 0 Å². The van der Waals surface area contributed by atoms with Crippen LogP contribution in [-0.4, -0.2) is 50.7 Å². The molecule has 25 heavy (non-hydrogen) atoms. The number of imidazole rings is 1. The Labute approximate surface area is 147 Å². The Hall–Kier alpha value is -2.23. The molecule has 0 atom stereocenters. The van der Waals surface area contributed by atoms with Crippen molar-refractivity contribution in [3.05, 3.63) is 48.0 Å². The van der Waals surface area contributed by atoms with E-state index in [1.54, 1.807) is 6.20 Å². The number of hydrogen-bond donors (Lipinski definition) is 2. The van der Waals surface area contributed by atoms with Gasteiger partial charge in [-0.15, -0.1) is 0 Å². The Morgan fingerprint density at radius 3 is 2.56 bits per heavy atom. The normalized spacial score (nSPS) is 11.4. The zero-order chi connectivity index (χ0) is 18.3. The molecule has 0 radical (unpaired) electrons. The average Bonchev–Trinajstić information content (AvgIpc) is 3.00. The lowest BCUT2D eigenvalue weighted by Gasteiger charge is -2.08. The maximum absolute atomic E-state index is 12.1. The molecule has 0 bridgehead atoms. The minimum absolute atomic E-state index is 0.105. The van der Waals surface area contributed by atoms with Gasteiger partial charge in [0, 0.05) is 51.6 Å². The van der Waals surface area contributed by atoms with E-state index in [1.807, 2.05) is 17.8 Å². The van der Waals surface area contributed by atoms with E-state index >= 15 is 0 Å². The highest BCUT2D eigenvalue weighted by molar-refractivity contribution is 7.89. The van der Waals surface area contributed by atoms with Gasteiger partial charge in [-0.3, -0.25) is 4.79 Å². The lowest BCUT2D eigenvalue weighted by molar-refractivity contribution is 0.0954. The van der Waals surface area contributed by atoms with Crippen LogP contribution in [0, 0.1) is 0 Å². The first kappa shape index (κ1) is 19.1. The predicted octanol–water partition coefficient (Wildman–Crippen LogP) is 0.317. The molecule has 0 aliphatic carbocycles. The smallest absolute Gasteiger partial charge is 0.251 e. The van der Waals surface area contributed by atoms with Crippen LogP contribution in [0.5, 0.6) is 0 Å². The van der Waals surface area contributed by atoms with Crippen molar-refractivity contribution in [3.63, 3.8) is 0 Å². The number of methoxy groups -OCH3 is 1. The highest BCUT2D eigenvalue weighted by Gasteiger charge is 2.14. The number of benzene rings is 1. The van der Waals surface area contributed by atoms with E-state index in [4.69, 9.17) is 4.74 Å². The molecule has 0 fully saturated rings. The number of aryl methyl sites for hydroxylation is 1. The summed E-state index contributed by atoms with van der Waals surface area (Å²) in [5, 5.41) is 2.79. The molecule has 9 heteroatoms. The summed E-state index contributed by atoms with van der Waals surface area (Å²) in [6.45, 7) is 0.923. The first-order valence-corrected chi connectivity index (χ1v) is 9.25. The number of ether oxygens (including phenoxy) is 1. The van der Waals surface area contributed by atoms with E-state index in [1.165, 1.54) is 31.4 Å². The molecule has 0 aliphatic rings. The highest BCUT2D eigenvalue weighted by Crippen LogP contribution is 2.10. The standard InChI is InChI=1S/C16H22N4O4S/c1-20-11-9-17-15(20)7-8-18-16(21)13-3-5-14(6-4-13)25(22,23)19-10-12-24-2/h3-6,9,11,19H,7-8,10,12H2,1-2H3,(H,18,21). The van der Waals surface area contributed by atoms with Crippen molar-refractivity contribution in [3.8, 4) is 0 Å². The fourth-order valence-electron chi connectivity index (χ4n) is 2.17. The molecule has 8 nitrogen and oxygen atoms in total. The zero-order valence-corrected chi connectivity index (χ0v) is 15.0. The highest BCUT2D eigenvalue weighted by atomic mass is 32.2. The van der Waals surface area contributed by atoms with Crippen LogP contribution in [0.4, 0.5) is 0 Å². The number of amides is 1. The SMILES string of the molecule is COCCNS(=O)(=O)c1ccc(C(=O)NCCc2nccn2C)cc1. The second-order valence-corrected chi connectivity index (χ2v) is 7.14. The summed E-state index contributed by atoms with van der Waals surface area (Å²) in [6.07, 6.45) is 4.17. The number of hydrogen-bond acceptors (Lipinski definition) is 5. The summed E-state index contributed by atoms with van der Waals surface area (Å²) >= 11 is 0. The van der Waals surface area contributed by atoms with Gasteiger partial charge >= 0.3 is 0 Å². The van der Waals surface area contributed by atoms with Crippen LogP contribution < -0.4 is 10.0 Å². The van der Waals surface area contributed by atoms with Gasteiger partial charge in [0.05, 0.1) is 11.5 Å². The third kappa shape index (κ3) is 5.38. The largest absolute Gasteiger partial charge is 0.383 e. The van der Waals surface area contributed by atoms with Crippen molar-refractivity contribution in [2.24, 2.45) is 7.05 Å². The Kier molecular flexibility index (Phi) is 6.68. The summed E-state index contributed by atoms with van der Waals surface area (Å²) in [5.41, 5.74) is 0.399. The van der Waals surface area contributed by atoms with Gasteiger partial charge in [-0.1, -0.05) is 0 Å². The Morgan fingerprint density at radius 2 is 1.96 bits per heavy atom. The van der Waals surface area contributed by atoms with Crippen molar-refractivity contribution in [1.82, 2.24) is 19.6 Å². The van der Waals surface area contributed by atoms with Gasteiger partial charge in [0.15, 0.2) is 0 Å². The van der Waals surface area contributed by atoms with Gasteiger partial charge in [0.2, 0.25) is 10.0 Å². The molecule has 2 N–H and O–H groups in total. The number of carbonyl (C=O) groups excluding carboxylic acids is 1. The van der Waals surface area contributed by atoms with Gasteiger partial charge < -0.3 is 14.6 Å². The lowest BCUT2D eigenvalue weighted by atomic mass is 10.2.